The molecule has 1 spiro atoms. The van der Waals surface area contributed by atoms with Crippen molar-refractivity contribution in [2.75, 3.05) is 0 Å². The summed E-state index contributed by atoms with van der Waals surface area (Å²) in [6.07, 6.45) is 17.4. The molecule has 0 radical (unpaired) electrons. The molecule has 300 valence electrons. The molecule has 6 aliphatic rings. The highest BCUT2D eigenvalue weighted by atomic mass is 32.2. The Bertz CT molecular complexity index is 2250. The van der Waals surface area contributed by atoms with Crippen LogP contribution < -0.4 is 9.47 Å². The zero-order chi connectivity index (χ0) is 40.1. The third kappa shape index (κ3) is 6.35. The fourth-order valence-corrected chi connectivity index (χ4v) is 14.2. The van der Waals surface area contributed by atoms with E-state index in [2.05, 4.69) is 74.2 Å². The summed E-state index contributed by atoms with van der Waals surface area (Å²) < 4.78 is 14.2. The number of aryl methyl sites for hydroxylation is 1. The van der Waals surface area contributed by atoms with Crippen LogP contribution in [0.5, 0.6) is 11.5 Å². The highest BCUT2D eigenvalue weighted by Crippen LogP contribution is 2.81. The molecule has 5 aliphatic carbocycles. The number of fused-ring (bicyclic) bond motifs is 8. The van der Waals surface area contributed by atoms with E-state index in [0.717, 1.165) is 62.5 Å². The molecule has 2 unspecified atom stereocenters. The Morgan fingerprint density at radius 3 is 1.79 bits per heavy atom. The summed E-state index contributed by atoms with van der Waals surface area (Å²) >= 11 is 2.65. The second-order valence-electron chi connectivity index (χ2n) is 17.9. The van der Waals surface area contributed by atoms with Gasteiger partial charge in [-0.2, -0.15) is 0 Å². The van der Waals surface area contributed by atoms with E-state index in [4.69, 9.17) is 16.0 Å². The molecular weight excluding hydrogens is 757 g/mol. The van der Waals surface area contributed by atoms with Crippen LogP contribution in [0.2, 0.25) is 0 Å². The zero-order valence-corrected chi connectivity index (χ0v) is 35.8. The van der Waals surface area contributed by atoms with Crippen LogP contribution in [0.3, 0.4) is 0 Å². The smallest absolute Gasteiger partial charge is 0.314 e. The van der Waals surface area contributed by atoms with Crippen LogP contribution in [0.25, 0.3) is 4.85 Å². The molecule has 1 aliphatic heterocycles. The molecule has 3 atom stereocenters. The molecule has 0 amide bonds. The predicted octanol–water partition coefficient (Wildman–Crippen LogP) is 13.3. The number of hydrogen-bond donors (Lipinski definition) is 0. The quantitative estimate of drug-likeness (QED) is 0.0592. The van der Waals surface area contributed by atoms with Crippen LogP contribution in [-0.4, -0.2) is 11.9 Å². The molecule has 3 aromatic rings. The van der Waals surface area contributed by atoms with Gasteiger partial charge in [0.25, 0.3) is 5.70 Å². The van der Waals surface area contributed by atoms with Gasteiger partial charge in [-0.1, -0.05) is 137 Å². The van der Waals surface area contributed by atoms with Gasteiger partial charge in [0, 0.05) is 28.4 Å². The van der Waals surface area contributed by atoms with E-state index < -0.39 is 0 Å². The van der Waals surface area contributed by atoms with Gasteiger partial charge in [0.2, 0.25) is 0 Å². The summed E-state index contributed by atoms with van der Waals surface area (Å²) in [6.45, 7) is 14.5. The molecule has 2 saturated carbocycles. The Hall–Kier alpha value is -3.98. The minimum Gasteiger partial charge on any atom is -0.425 e. The van der Waals surface area contributed by atoms with Crippen LogP contribution in [0.4, 0.5) is 0 Å². The highest BCUT2D eigenvalue weighted by Gasteiger charge is 2.71. The molecule has 1 heterocycles. The maximum absolute atomic E-state index is 14.5. The van der Waals surface area contributed by atoms with Crippen LogP contribution in [0.15, 0.2) is 62.2 Å². The third-order valence-corrected chi connectivity index (χ3v) is 17.1. The largest absolute Gasteiger partial charge is 0.425 e. The second-order valence-corrected chi connectivity index (χ2v) is 20.2. The Morgan fingerprint density at radius 2 is 1.28 bits per heavy atom. The lowest BCUT2D eigenvalue weighted by atomic mass is 9.43. The molecule has 0 saturated heterocycles. The van der Waals surface area contributed by atoms with Gasteiger partial charge in [0.1, 0.15) is 11.5 Å². The fraction of sp³-hybridized carbons (Fsp3) is 0.520. The van der Waals surface area contributed by atoms with Crippen molar-refractivity contribution in [2.24, 2.45) is 23.7 Å². The number of nitriles is 1. The molecule has 0 aromatic heterocycles. The van der Waals surface area contributed by atoms with Crippen LogP contribution >= 0.6 is 23.5 Å². The fourth-order valence-electron chi connectivity index (χ4n) is 11.6. The Balaban J connectivity index is 1.15. The normalized spacial score (nSPS) is 27.8. The first-order valence-electron chi connectivity index (χ1n) is 22.1. The first-order valence-corrected chi connectivity index (χ1v) is 23.7. The lowest BCUT2D eigenvalue weighted by Gasteiger charge is -2.58. The molecule has 9 rings (SSSR count). The van der Waals surface area contributed by atoms with Gasteiger partial charge in [-0.3, -0.25) is 9.59 Å². The molecule has 6 nitrogen and oxygen atoms in total. The van der Waals surface area contributed by atoms with E-state index in [1.54, 1.807) is 0 Å². The van der Waals surface area contributed by atoms with Crippen LogP contribution in [0.1, 0.15) is 167 Å². The summed E-state index contributed by atoms with van der Waals surface area (Å²) in [5.41, 5.74) is 7.72. The van der Waals surface area contributed by atoms with Crippen molar-refractivity contribution in [3.05, 3.63) is 103 Å². The van der Waals surface area contributed by atoms with Gasteiger partial charge >= 0.3 is 11.9 Å². The number of nitrogens with zero attached hydrogens (tertiary/aromatic N) is 2. The number of unbranched alkanes of at least 4 members (excludes halogenated alkanes) is 4. The Labute approximate surface area is 352 Å². The lowest BCUT2D eigenvalue weighted by molar-refractivity contribution is -0.141. The Kier molecular flexibility index (Phi) is 11.0. The van der Waals surface area contributed by atoms with Crippen molar-refractivity contribution in [1.82, 2.24) is 0 Å². The van der Waals surface area contributed by atoms with Crippen LogP contribution in [-0.2, 0) is 15.0 Å². The van der Waals surface area contributed by atoms with Crippen molar-refractivity contribution >= 4 is 35.5 Å². The summed E-state index contributed by atoms with van der Waals surface area (Å²) in [5, 5.41) is 10.1. The second kappa shape index (κ2) is 16.2. The van der Waals surface area contributed by atoms with Crippen molar-refractivity contribution < 1.29 is 19.1 Å². The average molecular weight is 811 g/mol. The van der Waals surface area contributed by atoms with Crippen molar-refractivity contribution in [2.45, 2.75) is 151 Å². The van der Waals surface area contributed by atoms with E-state index in [1.165, 1.54) is 103 Å². The first-order chi connectivity index (χ1) is 28.3. The highest BCUT2D eigenvalue weighted by molar-refractivity contribution is 8.24. The zero-order valence-electron chi connectivity index (χ0n) is 34.2. The monoisotopic (exact) mass is 810 g/mol. The Morgan fingerprint density at radius 1 is 0.759 bits per heavy atom. The van der Waals surface area contributed by atoms with Gasteiger partial charge in [-0.05, 0) is 92.4 Å². The standard InChI is InChI=1S/C50H54N2O4S2/c1-5-7-9-13-30-18-22-32(23-19-30)47(53)55-43-39-40(42-35-27-29(3)17-26-37(35)50(42)36-16-12-11-15-34(36)41(39)50)44(46-45(43)57-49(58-46)38(28-51)52-4)56-48(54)33-24-20-31(21-25-33)14-10-8-6-2/h11-12,15-17,26-27,30-33,41-42H,5-10,13-14,18-25H2,1-3H3/t30?,31?,32?,33?,41-,42?,50?/m0/s1. The van der Waals surface area contributed by atoms with Crippen LogP contribution in [0, 0.1) is 48.5 Å². The maximum atomic E-state index is 14.5. The van der Waals surface area contributed by atoms with Gasteiger partial charge in [-0.25, -0.2) is 10.1 Å². The van der Waals surface area contributed by atoms with E-state index >= 15 is 0 Å². The number of benzene rings is 3. The SMILES string of the molecule is [C-]#[N+]C(C#N)=C1Sc2c(OC(=O)C3CCC(CCCCC)CC3)c3c(c(OC(=O)C4CCC(CCCCC)CC4)c2S1)[C@@H]1c2ccccc2C12c1ccc(C)cc1C32. The number of carbonyl (C=O) groups is 2. The number of hydrogen-bond acceptors (Lipinski definition) is 7. The van der Waals surface area contributed by atoms with E-state index in [1.807, 2.05) is 0 Å². The van der Waals surface area contributed by atoms with Gasteiger partial charge in [-0.15, -0.1) is 0 Å². The summed E-state index contributed by atoms with van der Waals surface area (Å²) in [4.78, 5) is 34.0. The molecule has 58 heavy (non-hydrogen) atoms. The minimum atomic E-state index is -0.352. The molecule has 2 fully saturated rings. The number of esters is 2. The third-order valence-electron chi connectivity index (χ3n) is 14.6. The summed E-state index contributed by atoms with van der Waals surface area (Å²) in [7, 11) is 0. The minimum absolute atomic E-state index is 0.00310. The molecular formula is C50H54N2O4S2. The number of thioether (sulfide) groups is 2. The molecule has 0 bridgehead atoms. The first kappa shape index (κ1) is 39.5. The topological polar surface area (TPSA) is 80.8 Å². The molecule has 3 aromatic carbocycles. The number of carbonyl (C=O) groups excluding carboxylic acids is 2. The maximum Gasteiger partial charge on any atom is 0.314 e. The van der Waals surface area contributed by atoms with Crippen molar-refractivity contribution in [3.63, 3.8) is 0 Å². The van der Waals surface area contributed by atoms with Crippen molar-refractivity contribution in [3.8, 4) is 17.6 Å². The molecule has 8 heteroatoms. The average Bonchev–Trinajstić information content (AvgIpc) is 3.76. The molecule has 0 N–H and O–H groups in total. The van der Waals surface area contributed by atoms with Gasteiger partial charge < -0.3 is 9.47 Å². The van der Waals surface area contributed by atoms with E-state index in [9.17, 15) is 14.9 Å². The van der Waals surface area contributed by atoms with E-state index in [-0.39, 0.29) is 46.7 Å². The number of allylic oxidation sites excluding steroid dienone is 1. The number of ether oxygens (including phenoxy) is 2. The lowest BCUT2D eigenvalue weighted by Crippen LogP contribution is -2.52. The van der Waals surface area contributed by atoms with Gasteiger partial charge in [0.05, 0.1) is 38.5 Å². The predicted molar refractivity (Wildman–Crippen MR) is 230 cm³/mol. The van der Waals surface area contributed by atoms with Crippen molar-refractivity contribution in [1.29, 1.82) is 5.26 Å². The number of rotatable bonds is 12. The van der Waals surface area contributed by atoms with Gasteiger partial charge in [0.15, 0.2) is 0 Å². The van der Waals surface area contributed by atoms with E-state index in [0.29, 0.717) is 37.4 Å². The summed E-state index contributed by atoms with van der Waals surface area (Å²) in [6, 6.07) is 17.5. The summed E-state index contributed by atoms with van der Waals surface area (Å²) in [5.74, 6) is 1.47.